The van der Waals surface area contributed by atoms with Crippen molar-refractivity contribution in [1.82, 2.24) is 30.0 Å². The van der Waals surface area contributed by atoms with Gasteiger partial charge in [0.2, 0.25) is 11.8 Å². The lowest BCUT2D eigenvalue weighted by atomic mass is 9.69. The maximum Gasteiger partial charge on any atom is 0.265 e. The standard InChI is InChI=1S/C32H42N6O5S/c1-31(2,21-8-9-21)30(42)38-17-32(18-38)16-37(28(40)25-14-33-19-44-25)15-22(32)27(39)35-26(29(41)36(3)4)24-7-5-6-23(34-24)20-10-12-43-13-11-20/h5-7,14,19-22,26H,8-13,15-18H2,1-4H3,(H,35,39)/t22-,26?/m0/s1. The fourth-order valence-electron chi connectivity index (χ4n) is 7.14. The monoisotopic (exact) mass is 622 g/mol. The Morgan fingerprint density at radius 2 is 1.77 bits per heavy atom. The van der Waals surface area contributed by atoms with Crippen molar-refractivity contribution in [3.63, 3.8) is 0 Å². The Balaban J connectivity index is 1.25. The van der Waals surface area contributed by atoms with Crippen molar-refractivity contribution >= 4 is 35.0 Å². The summed E-state index contributed by atoms with van der Waals surface area (Å²) in [5, 5.41) is 3.04. The van der Waals surface area contributed by atoms with Crippen molar-refractivity contribution < 1.29 is 23.9 Å². The smallest absolute Gasteiger partial charge is 0.265 e. The first-order valence-corrected chi connectivity index (χ1v) is 16.4. The van der Waals surface area contributed by atoms with E-state index in [4.69, 9.17) is 9.72 Å². The van der Waals surface area contributed by atoms with Gasteiger partial charge in [-0.2, -0.15) is 0 Å². The number of pyridine rings is 1. The SMILES string of the molecule is CN(C)C(=O)C(NC(=O)[C@@H]1CN(C(=O)c2cncs2)CC12CN(C(=O)C(C)(C)C1CC1)C2)c1cccc(C2CCOCC2)n1. The van der Waals surface area contributed by atoms with Crippen LogP contribution >= 0.6 is 11.3 Å². The Morgan fingerprint density at radius 3 is 2.41 bits per heavy atom. The second-order valence-electron chi connectivity index (χ2n) is 13.7. The van der Waals surface area contributed by atoms with Crippen molar-refractivity contribution in [2.24, 2.45) is 22.7 Å². The second kappa shape index (κ2) is 11.8. The molecule has 6 rings (SSSR count). The van der Waals surface area contributed by atoms with Crippen LogP contribution in [0.2, 0.25) is 0 Å². The number of likely N-dealkylation sites (N-methyl/N-ethyl adjacent to an activating group) is 1. The Kier molecular flexibility index (Phi) is 8.25. The van der Waals surface area contributed by atoms with E-state index in [9.17, 15) is 19.2 Å². The number of hydrogen-bond donors (Lipinski definition) is 1. The first-order chi connectivity index (χ1) is 21.0. The van der Waals surface area contributed by atoms with E-state index in [2.05, 4.69) is 10.3 Å². The molecule has 0 radical (unpaired) electrons. The van der Waals surface area contributed by atoms with Gasteiger partial charge in [0.25, 0.3) is 11.8 Å². The van der Waals surface area contributed by atoms with E-state index in [0.29, 0.717) is 49.3 Å². The van der Waals surface area contributed by atoms with Crippen molar-refractivity contribution in [1.29, 1.82) is 0 Å². The summed E-state index contributed by atoms with van der Waals surface area (Å²) >= 11 is 1.27. The molecule has 4 amide bonds. The van der Waals surface area contributed by atoms with Gasteiger partial charge < -0.3 is 24.8 Å². The molecule has 2 aromatic rings. The van der Waals surface area contributed by atoms with Crippen LogP contribution in [0.1, 0.15) is 72.6 Å². The molecule has 4 fully saturated rings. The molecular weight excluding hydrogens is 580 g/mol. The molecule has 44 heavy (non-hydrogen) atoms. The van der Waals surface area contributed by atoms with Gasteiger partial charge in [-0.3, -0.25) is 29.1 Å². The van der Waals surface area contributed by atoms with Gasteiger partial charge in [-0.05, 0) is 43.7 Å². The summed E-state index contributed by atoms with van der Waals surface area (Å²) in [4.78, 5) is 69.1. The van der Waals surface area contributed by atoms with Gasteiger partial charge in [-0.15, -0.1) is 11.3 Å². The molecule has 12 heteroatoms. The van der Waals surface area contributed by atoms with Crippen LogP contribution in [-0.2, 0) is 19.1 Å². The minimum absolute atomic E-state index is 0.104. The summed E-state index contributed by atoms with van der Waals surface area (Å²) in [7, 11) is 3.32. The highest BCUT2D eigenvalue weighted by molar-refractivity contribution is 7.11. The van der Waals surface area contributed by atoms with E-state index in [-0.39, 0.29) is 36.1 Å². The summed E-state index contributed by atoms with van der Waals surface area (Å²) in [6.07, 6.45) is 5.38. The zero-order valence-corrected chi connectivity index (χ0v) is 26.8. The summed E-state index contributed by atoms with van der Waals surface area (Å²) in [5.41, 5.74) is 1.96. The van der Waals surface area contributed by atoms with Crippen molar-refractivity contribution in [2.75, 3.05) is 53.5 Å². The molecule has 2 aromatic heterocycles. The molecule has 3 saturated heterocycles. The number of nitrogens with one attached hydrogen (secondary N) is 1. The van der Waals surface area contributed by atoms with Crippen LogP contribution in [0.25, 0.3) is 0 Å². The van der Waals surface area contributed by atoms with Gasteiger partial charge in [-0.1, -0.05) is 19.9 Å². The number of nitrogens with zero attached hydrogens (tertiary/aromatic N) is 5. The predicted molar refractivity (Wildman–Crippen MR) is 164 cm³/mol. The highest BCUT2D eigenvalue weighted by Gasteiger charge is 2.61. The van der Waals surface area contributed by atoms with Gasteiger partial charge in [0.1, 0.15) is 4.88 Å². The van der Waals surface area contributed by atoms with E-state index in [1.807, 2.05) is 30.9 Å². The second-order valence-corrected chi connectivity index (χ2v) is 14.6. The average molecular weight is 623 g/mol. The van der Waals surface area contributed by atoms with Crippen LogP contribution in [-0.4, -0.2) is 102 Å². The fraction of sp³-hybridized carbons (Fsp3) is 0.625. The summed E-state index contributed by atoms with van der Waals surface area (Å²) in [6.45, 7) is 6.72. The van der Waals surface area contributed by atoms with E-state index in [1.54, 1.807) is 36.8 Å². The number of aromatic nitrogens is 2. The first kappa shape index (κ1) is 30.6. The molecule has 236 valence electrons. The number of likely N-dealkylation sites (tertiary alicyclic amines) is 2. The quantitative estimate of drug-likeness (QED) is 0.480. The molecule has 0 aromatic carbocycles. The highest BCUT2D eigenvalue weighted by Crippen LogP contribution is 2.50. The van der Waals surface area contributed by atoms with E-state index in [0.717, 1.165) is 31.4 Å². The largest absolute Gasteiger partial charge is 0.381 e. The number of amides is 4. The summed E-state index contributed by atoms with van der Waals surface area (Å²) in [6, 6.07) is 4.66. The van der Waals surface area contributed by atoms with Gasteiger partial charge in [0, 0.05) is 75.9 Å². The van der Waals surface area contributed by atoms with E-state index in [1.165, 1.54) is 16.2 Å². The average Bonchev–Trinajstić information content (AvgIpc) is 3.58. The lowest BCUT2D eigenvalue weighted by Crippen LogP contribution is -2.66. The summed E-state index contributed by atoms with van der Waals surface area (Å²) < 4.78 is 5.52. The maximum atomic E-state index is 14.2. The number of thiazole rings is 1. The zero-order valence-electron chi connectivity index (χ0n) is 26.0. The number of ether oxygens (including phenoxy) is 1. The molecule has 1 saturated carbocycles. The first-order valence-electron chi connectivity index (χ1n) is 15.5. The molecule has 5 heterocycles. The van der Waals surface area contributed by atoms with Crippen LogP contribution in [0, 0.1) is 22.7 Å². The third kappa shape index (κ3) is 5.74. The molecule has 4 aliphatic rings. The number of rotatable bonds is 8. The molecule has 1 unspecified atom stereocenters. The molecule has 1 aliphatic carbocycles. The topological polar surface area (TPSA) is 125 Å². The third-order valence-electron chi connectivity index (χ3n) is 10.0. The Hall–Kier alpha value is -3.38. The zero-order chi connectivity index (χ0) is 31.2. The van der Waals surface area contributed by atoms with Crippen LogP contribution < -0.4 is 5.32 Å². The molecule has 1 spiro atoms. The molecule has 2 atom stereocenters. The molecule has 0 bridgehead atoms. The Labute approximate surface area is 262 Å². The van der Waals surface area contributed by atoms with Gasteiger partial charge >= 0.3 is 0 Å². The molecule has 3 aliphatic heterocycles. The number of carbonyl (C=O) groups is 4. The van der Waals surface area contributed by atoms with Crippen molar-refractivity contribution in [3.05, 3.63) is 46.2 Å². The minimum Gasteiger partial charge on any atom is -0.381 e. The van der Waals surface area contributed by atoms with Crippen LogP contribution in [0.15, 0.2) is 29.9 Å². The van der Waals surface area contributed by atoms with Gasteiger partial charge in [0.15, 0.2) is 6.04 Å². The van der Waals surface area contributed by atoms with Crippen molar-refractivity contribution in [2.45, 2.75) is 51.5 Å². The van der Waals surface area contributed by atoms with Crippen LogP contribution in [0.3, 0.4) is 0 Å². The summed E-state index contributed by atoms with van der Waals surface area (Å²) in [5.74, 6) is -0.626. The van der Waals surface area contributed by atoms with Crippen molar-refractivity contribution in [3.8, 4) is 0 Å². The number of carbonyl (C=O) groups excluding carboxylic acids is 4. The Morgan fingerprint density at radius 1 is 1.07 bits per heavy atom. The van der Waals surface area contributed by atoms with Gasteiger partial charge in [0.05, 0.1) is 23.3 Å². The normalized spacial score (nSPS) is 22.4. The van der Waals surface area contributed by atoms with E-state index < -0.39 is 22.8 Å². The predicted octanol–water partition coefficient (Wildman–Crippen LogP) is 2.71. The van der Waals surface area contributed by atoms with Crippen LogP contribution in [0.5, 0.6) is 0 Å². The Bertz CT molecular complexity index is 1410. The molecule has 11 nitrogen and oxygen atoms in total. The molecular formula is C32H42N6O5S. The van der Waals surface area contributed by atoms with Crippen LogP contribution in [0.4, 0.5) is 0 Å². The highest BCUT2D eigenvalue weighted by atomic mass is 32.1. The fourth-order valence-corrected chi connectivity index (χ4v) is 7.73. The minimum atomic E-state index is -0.979. The third-order valence-corrected chi connectivity index (χ3v) is 10.8. The maximum absolute atomic E-state index is 14.2. The van der Waals surface area contributed by atoms with Gasteiger partial charge in [-0.25, -0.2) is 0 Å². The lowest BCUT2D eigenvalue weighted by Gasteiger charge is -2.52. The lowest BCUT2D eigenvalue weighted by molar-refractivity contribution is -0.159. The number of hydrogen-bond acceptors (Lipinski definition) is 8. The van der Waals surface area contributed by atoms with E-state index >= 15 is 0 Å². The molecule has 1 N–H and O–H groups in total.